The molecule has 3 rings (SSSR count). The van der Waals surface area contributed by atoms with Crippen molar-refractivity contribution in [2.45, 2.75) is 31.2 Å². The van der Waals surface area contributed by atoms with Crippen LogP contribution in [0.5, 0.6) is 0 Å². The molecule has 0 bridgehead atoms. The fourth-order valence-electron chi connectivity index (χ4n) is 2.27. The first-order chi connectivity index (χ1) is 10.6. The number of fused-ring (bicyclic) bond motifs is 1. The molecule has 1 aromatic heterocycles. The summed E-state index contributed by atoms with van der Waals surface area (Å²) < 4.78 is 2.12. The van der Waals surface area contributed by atoms with E-state index in [2.05, 4.69) is 41.8 Å². The highest BCUT2D eigenvalue weighted by atomic mass is 32.2. The lowest BCUT2D eigenvalue weighted by Crippen LogP contribution is -2.09. The predicted octanol–water partition coefficient (Wildman–Crippen LogP) is 4.40. The number of rotatable bonds is 4. The van der Waals surface area contributed by atoms with Crippen molar-refractivity contribution in [1.82, 2.24) is 9.55 Å². The molecule has 22 heavy (non-hydrogen) atoms. The first-order valence-electron chi connectivity index (χ1n) is 7.28. The Bertz CT molecular complexity index is 821. The lowest BCUT2D eigenvalue weighted by atomic mass is 10.2. The molecule has 2 aromatic carbocycles. The zero-order valence-electron chi connectivity index (χ0n) is 12.9. The third-order valence-corrected chi connectivity index (χ3v) is 4.85. The molecule has 0 amide bonds. The predicted molar refractivity (Wildman–Crippen MR) is 91.8 cm³/mol. The van der Waals surface area contributed by atoms with E-state index in [1.165, 1.54) is 17.3 Å². The number of aromatic nitrogens is 2. The number of hydrogen-bond donors (Lipinski definition) is 0. The molecule has 4 heteroatoms. The lowest BCUT2D eigenvalue weighted by molar-refractivity contribution is -0.116. The van der Waals surface area contributed by atoms with Crippen LogP contribution in [0.3, 0.4) is 0 Å². The second-order valence-electron chi connectivity index (χ2n) is 5.42. The van der Waals surface area contributed by atoms with Gasteiger partial charge in [-0.2, -0.15) is 0 Å². The summed E-state index contributed by atoms with van der Waals surface area (Å²) in [4.78, 5) is 16.3. The van der Waals surface area contributed by atoms with E-state index in [1.54, 1.807) is 6.92 Å². The van der Waals surface area contributed by atoms with Crippen molar-refractivity contribution in [3.05, 3.63) is 54.1 Å². The van der Waals surface area contributed by atoms with Crippen LogP contribution in [0.2, 0.25) is 0 Å². The van der Waals surface area contributed by atoms with Crippen molar-refractivity contribution < 1.29 is 4.79 Å². The molecule has 0 saturated carbocycles. The molecule has 0 fully saturated rings. The van der Waals surface area contributed by atoms with Gasteiger partial charge < -0.3 is 0 Å². The van der Waals surface area contributed by atoms with E-state index in [4.69, 9.17) is 4.98 Å². The molecule has 0 radical (unpaired) electrons. The van der Waals surface area contributed by atoms with E-state index in [0.29, 0.717) is 0 Å². The molecule has 3 nitrogen and oxygen atoms in total. The smallest absolute Gasteiger partial charge is 0.174 e. The maximum absolute atomic E-state index is 11.6. The molecule has 1 atom stereocenters. The summed E-state index contributed by atoms with van der Waals surface area (Å²) in [5.74, 6) is 0.160. The number of thioether (sulfide) groups is 1. The van der Waals surface area contributed by atoms with E-state index in [0.717, 1.165) is 21.9 Å². The van der Waals surface area contributed by atoms with Gasteiger partial charge in [0.25, 0.3) is 0 Å². The lowest BCUT2D eigenvalue weighted by Gasteiger charge is -2.11. The Morgan fingerprint density at radius 2 is 1.82 bits per heavy atom. The maximum Gasteiger partial charge on any atom is 0.174 e. The number of imidazole rings is 1. The Labute approximate surface area is 134 Å². The Balaban J connectivity index is 2.16. The second-order valence-corrected chi connectivity index (χ2v) is 6.73. The Kier molecular flexibility index (Phi) is 4.03. The van der Waals surface area contributed by atoms with Crippen LogP contribution in [0, 0.1) is 6.92 Å². The van der Waals surface area contributed by atoms with Crippen LogP contribution in [0.1, 0.15) is 19.4 Å². The number of hydrogen-bond acceptors (Lipinski definition) is 3. The highest BCUT2D eigenvalue weighted by molar-refractivity contribution is 8.00. The average molecular weight is 310 g/mol. The normalized spacial score (nSPS) is 12.5. The summed E-state index contributed by atoms with van der Waals surface area (Å²) in [6, 6.07) is 16.4. The van der Waals surface area contributed by atoms with Gasteiger partial charge in [-0.05, 0) is 45.0 Å². The molecular formula is C18H18N2OS. The summed E-state index contributed by atoms with van der Waals surface area (Å²) in [5, 5.41) is 0.744. The maximum atomic E-state index is 11.6. The van der Waals surface area contributed by atoms with Gasteiger partial charge in [-0.1, -0.05) is 41.6 Å². The third-order valence-electron chi connectivity index (χ3n) is 3.68. The van der Waals surface area contributed by atoms with Gasteiger partial charge in [-0.25, -0.2) is 4.98 Å². The Hall–Kier alpha value is -2.07. The Morgan fingerprint density at radius 1 is 1.14 bits per heavy atom. The van der Waals surface area contributed by atoms with Crippen LogP contribution >= 0.6 is 11.8 Å². The monoisotopic (exact) mass is 310 g/mol. The number of ketones is 1. The van der Waals surface area contributed by atoms with E-state index in [1.807, 2.05) is 25.1 Å². The summed E-state index contributed by atoms with van der Waals surface area (Å²) in [6.45, 7) is 5.62. The molecule has 0 N–H and O–H groups in total. The summed E-state index contributed by atoms with van der Waals surface area (Å²) in [7, 11) is 0. The third kappa shape index (κ3) is 2.79. The van der Waals surface area contributed by atoms with Crippen molar-refractivity contribution in [2.24, 2.45) is 0 Å². The van der Waals surface area contributed by atoms with Crippen LogP contribution in [0.25, 0.3) is 16.7 Å². The zero-order chi connectivity index (χ0) is 15.7. The molecule has 112 valence electrons. The SMILES string of the molecule is CC(=O)C(C)Sc1nc2ccccc2n1-c1ccc(C)cc1. The second kappa shape index (κ2) is 5.97. The minimum atomic E-state index is -0.110. The van der Waals surface area contributed by atoms with E-state index in [-0.39, 0.29) is 11.0 Å². The molecule has 0 aliphatic heterocycles. The molecule has 0 spiro atoms. The van der Waals surface area contributed by atoms with Crippen molar-refractivity contribution in [3.63, 3.8) is 0 Å². The quantitative estimate of drug-likeness (QED) is 0.670. The van der Waals surface area contributed by atoms with Crippen LogP contribution < -0.4 is 0 Å². The van der Waals surface area contributed by atoms with Crippen molar-refractivity contribution in [2.75, 3.05) is 0 Å². The number of carbonyl (C=O) groups excluding carboxylic acids is 1. The van der Waals surface area contributed by atoms with Crippen LogP contribution in [-0.4, -0.2) is 20.6 Å². The minimum Gasteiger partial charge on any atom is -0.299 e. The number of para-hydroxylation sites is 2. The van der Waals surface area contributed by atoms with Gasteiger partial charge in [-0.3, -0.25) is 9.36 Å². The van der Waals surface area contributed by atoms with E-state index >= 15 is 0 Å². The molecule has 0 saturated heterocycles. The molecule has 1 heterocycles. The number of nitrogens with zero attached hydrogens (tertiary/aromatic N) is 2. The highest BCUT2D eigenvalue weighted by Crippen LogP contribution is 2.30. The van der Waals surface area contributed by atoms with E-state index < -0.39 is 0 Å². The number of benzene rings is 2. The van der Waals surface area contributed by atoms with Gasteiger partial charge in [0.2, 0.25) is 0 Å². The molecule has 1 unspecified atom stereocenters. The van der Waals surface area contributed by atoms with Crippen molar-refractivity contribution in [3.8, 4) is 5.69 Å². The van der Waals surface area contributed by atoms with Crippen LogP contribution in [0.15, 0.2) is 53.7 Å². The number of carbonyl (C=O) groups is 1. The van der Waals surface area contributed by atoms with Crippen LogP contribution in [0.4, 0.5) is 0 Å². The molecule has 3 aromatic rings. The molecule has 0 aliphatic carbocycles. The van der Waals surface area contributed by atoms with Crippen molar-refractivity contribution >= 4 is 28.6 Å². The Morgan fingerprint density at radius 3 is 2.50 bits per heavy atom. The first kappa shape index (κ1) is 14.9. The summed E-state index contributed by atoms with van der Waals surface area (Å²) in [5.41, 5.74) is 4.29. The zero-order valence-corrected chi connectivity index (χ0v) is 13.7. The number of Topliss-reactive ketones (excluding diaryl/α,β-unsaturated/α-hetero) is 1. The summed E-state index contributed by atoms with van der Waals surface area (Å²) >= 11 is 1.51. The standard InChI is InChI=1S/C18H18N2OS/c1-12-8-10-15(11-9-12)20-17-7-5-4-6-16(17)19-18(20)22-14(3)13(2)21/h4-11,14H,1-3H3. The van der Waals surface area contributed by atoms with Crippen LogP contribution in [-0.2, 0) is 4.79 Å². The first-order valence-corrected chi connectivity index (χ1v) is 8.16. The van der Waals surface area contributed by atoms with Crippen molar-refractivity contribution in [1.29, 1.82) is 0 Å². The van der Waals surface area contributed by atoms with Gasteiger partial charge in [0.05, 0.1) is 16.3 Å². The van der Waals surface area contributed by atoms with Gasteiger partial charge in [0, 0.05) is 5.69 Å². The van der Waals surface area contributed by atoms with Gasteiger partial charge >= 0.3 is 0 Å². The summed E-state index contributed by atoms with van der Waals surface area (Å²) in [6.07, 6.45) is 0. The highest BCUT2D eigenvalue weighted by Gasteiger charge is 2.17. The fraction of sp³-hybridized carbons (Fsp3) is 0.222. The van der Waals surface area contributed by atoms with E-state index in [9.17, 15) is 4.79 Å². The average Bonchev–Trinajstić information content (AvgIpc) is 2.86. The van der Waals surface area contributed by atoms with Gasteiger partial charge in [0.15, 0.2) is 5.16 Å². The largest absolute Gasteiger partial charge is 0.299 e. The molecular weight excluding hydrogens is 292 g/mol. The minimum absolute atomic E-state index is 0.110. The van der Waals surface area contributed by atoms with Gasteiger partial charge in [0.1, 0.15) is 5.78 Å². The fourth-order valence-corrected chi connectivity index (χ4v) is 3.21. The molecule has 0 aliphatic rings. The number of aryl methyl sites for hydroxylation is 1. The van der Waals surface area contributed by atoms with Gasteiger partial charge in [-0.15, -0.1) is 0 Å². The topological polar surface area (TPSA) is 34.9 Å².